The first kappa shape index (κ1) is 9.61. The number of hydrogen-bond acceptors (Lipinski definition) is 1. The van der Waals surface area contributed by atoms with Crippen molar-refractivity contribution in [1.82, 2.24) is 0 Å². The molecule has 0 bridgehead atoms. The van der Waals surface area contributed by atoms with Crippen LogP contribution in [0.15, 0.2) is 4.99 Å². The Morgan fingerprint density at radius 1 is 1.67 bits per heavy atom. The molecule has 2 heteroatoms. The fourth-order valence-corrected chi connectivity index (χ4v) is 0.0913. The van der Waals surface area contributed by atoms with E-state index in [0.717, 1.165) is 6.42 Å². The topological polar surface area (TPSA) is 12.4 Å². The molecule has 0 N–H and O–H groups in total. The Balaban J connectivity index is 0. The third-order valence-corrected chi connectivity index (χ3v) is 0.287. The standard InChI is InChI=1S/C4H7N.W/c1-3-4-5-2;/h2H,1,3-4H2;/q-2;+2. The molecule has 0 aliphatic heterocycles. The van der Waals surface area contributed by atoms with E-state index in [1.807, 2.05) is 0 Å². The van der Waals surface area contributed by atoms with Crippen LogP contribution in [0, 0.1) is 6.92 Å². The van der Waals surface area contributed by atoms with E-state index in [9.17, 15) is 0 Å². The molecule has 6 heavy (non-hydrogen) atoms. The van der Waals surface area contributed by atoms with Crippen LogP contribution in [0.1, 0.15) is 6.42 Å². The molecule has 0 fully saturated rings. The van der Waals surface area contributed by atoms with Gasteiger partial charge in [0.25, 0.3) is 0 Å². The molecule has 0 atom stereocenters. The molecule has 1 nitrogen and oxygen atoms in total. The van der Waals surface area contributed by atoms with Gasteiger partial charge < -0.3 is 18.6 Å². The first-order chi connectivity index (χ1) is 2.41. The fourth-order valence-electron chi connectivity index (χ4n) is 0.0913. The van der Waals surface area contributed by atoms with Crippen molar-refractivity contribution in [3.63, 3.8) is 0 Å². The van der Waals surface area contributed by atoms with Crippen molar-refractivity contribution < 1.29 is 21.1 Å². The van der Waals surface area contributed by atoms with Gasteiger partial charge in [0.05, 0.1) is 0 Å². The predicted octanol–water partition coefficient (Wildman–Crippen LogP) is 0.786. The Bertz CT molecular complexity index is 28.7. The summed E-state index contributed by atoms with van der Waals surface area (Å²) in [5.74, 6) is 0. The van der Waals surface area contributed by atoms with E-state index in [-0.39, 0.29) is 21.1 Å². The smallest absolute Gasteiger partial charge is 0.508 e. The minimum Gasteiger partial charge on any atom is -0.508 e. The summed E-state index contributed by atoms with van der Waals surface area (Å²) in [5.41, 5.74) is 0. The van der Waals surface area contributed by atoms with Crippen molar-refractivity contribution in [1.29, 1.82) is 0 Å². The number of aliphatic imine (C=N–C) groups is 1. The van der Waals surface area contributed by atoms with Gasteiger partial charge >= 0.3 is 21.1 Å². The van der Waals surface area contributed by atoms with Crippen LogP contribution in [0.3, 0.4) is 0 Å². The average molecular weight is 253 g/mol. The van der Waals surface area contributed by atoms with E-state index in [4.69, 9.17) is 6.72 Å². The van der Waals surface area contributed by atoms with Gasteiger partial charge in [0.2, 0.25) is 0 Å². The van der Waals surface area contributed by atoms with Crippen molar-refractivity contribution in [2.75, 3.05) is 6.54 Å². The number of rotatable bonds is 2. The van der Waals surface area contributed by atoms with Gasteiger partial charge in [0.15, 0.2) is 0 Å². The summed E-state index contributed by atoms with van der Waals surface area (Å²) >= 11 is 0. The molecule has 0 aliphatic rings. The van der Waals surface area contributed by atoms with Gasteiger partial charge in [-0.25, -0.2) is 0 Å². The second-order valence-corrected chi connectivity index (χ2v) is 0.760. The van der Waals surface area contributed by atoms with Gasteiger partial charge in [-0.15, -0.1) is 0 Å². The maximum absolute atomic E-state index is 4.72. The quantitative estimate of drug-likeness (QED) is 0.509. The Morgan fingerprint density at radius 2 is 2.17 bits per heavy atom. The summed E-state index contributed by atoms with van der Waals surface area (Å²) in [6.07, 6.45) is 0.802. The molecule has 0 aromatic carbocycles. The molecule has 0 amide bonds. The Kier molecular flexibility index (Phi) is 14.5. The summed E-state index contributed by atoms with van der Waals surface area (Å²) in [6, 6.07) is 0. The summed E-state index contributed by atoms with van der Waals surface area (Å²) in [5, 5.41) is 0. The minimum absolute atomic E-state index is 0. The number of nitrogens with zero attached hydrogens (tertiary/aromatic N) is 1. The third-order valence-electron chi connectivity index (χ3n) is 0.287. The SMILES string of the molecule is [CH-]=NCC[CH2-].[W+2]. The van der Waals surface area contributed by atoms with E-state index in [1.54, 1.807) is 0 Å². The minimum atomic E-state index is 0. The molecule has 34 valence electrons. The van der Waals surface area contributed by atoms with E-state index in [2.05, 4.69) is 11.9 Å². The Hall–Kier alpha value is 0.358. The number of hydrogen-bond donors (Lipinski definition) is 0. The Labute approximate surface area is 53.1 Å². The molecule has 0 saturated heterocycles. The molecular weight excluding hydrogens is 246 g/mol. The molecule has 0 radical (unpaired) electrons. The average Bonchev–Trinajstić information content (AvgIpc) is 1.41. The second kappa shape index (κ2) is 9.02. The third kappa shape index (κ3) is 8.84. The van der Waals surface area contributed by atoms with Crippen LogP contribution in [0.4, 0.5) is 0 Å². The molecule has 0 aromatic heterocycles. The van der Waals surface area contributed by atoms with Gasteiger partial charge in [-0.05, 0) is 6.54 Å². The molecule has 0 unspecified atom stereocenters. The molecule has 0 aliphatic carbocycles. The normalized spacial score (nSPS) is 6.17. The van der Waals surface area contributed by atoms with Crippen LogP contribution >= 0.6 is 0 Å². The first-order valence-corrected chi connectivity index (χ1v) is 1.57. The molecule has 0 saturated carbocycles. The maximum atomic E-state index is 4.72. The van der Waals surface area contributed by atoms with Crippen molar-refractivity contribution in [3.8, 4) is 0 Å². The summed E-state index contributed by atoms with van der Waals surface area (Å²) in [7, 11) is 0. The zero-order valence-corrected chi connectivity index (χ0v) is 6.49. The van der Waals surface area contributed by atoms with Gasteiger partial charge in [-0.2, -0.15) is 6.42 Å². The van der Waals surface area contributed by atoms with E-state index >= 15 is 0 Å². The van der Waals surface area contributed by atoms with Gasteiger partial charge in [0.1, 0.15) is 0 Å². The first-order valence-electron chi connectivity index (χ1n) is 1.57. The summed E-state index contributed by atoms with van der Waals surface area (Å²) in [4.78, 5) is 3.29. The Morgan fingerprint density at radius 3 is 2.17 bits per heavy atom. The molecule has 0 rings (SSSR count). The van der Waals surface area contributed by atoms with E-state index < -0.39 is 0 Å². The summed E-state index contributed by atoms with van der Waals surface area (Å²) < 4.78 is 0. The van der Waals surface area contributed by atoms with Gasteiger partial charge in [0, 0.05) is 0 Å². The molecule has 0 heterocycles. The largest absolute Gasteiger partial charge is 2.00 e. The van der Waals surface area contributed by atoms with Crippen LogP contribution in [-0.4, -0.2) is 13.3 Å². The van der Waals surface area contributed by atoms with Crippen molar-refractivity contribution >= 4 is 6.72 Å². The summed E-state index contributed by atoms with van der Waals surface area (Å²) in [6.45, 7) is 8.91. The second-order valence-electron chi connectivity index (χ2n) is 0.760. The van der Waals surface area contributed by atoms with E-state index in [1.165, 1.54) is 0 Å². The van der Waals surface area contributed by atoms with Crippen LogP contribution < -0.4 is 0 Å². The van der Waals surface area contributed by atoms with Crippen molar-refractivity contribution in [3.05, 3.63) is 6.92 Å². The maximum Gasteiger partial charge on any atom is 2.00 e. The molecule has 0 spiro atoms. The fraction of sp³-hybridized carbons (Fsp3) is 0.500. The van der Waals surface area contributed by atoms with Crippen molar-refractivity contribution in [2.45, 2.75) is 6.42 Å². The zero-order valence-electron chi connectivity index (χ0n) is 3.55. The van der Waals surface area contributed by atoms with Crippen LogP contribution in [0.25, 0.3) is 0 Å². The van der Waals surface area contributed by atoms with Crippen molar-refractivity contribution in [2.24, 2.45) is 4.99 Å². The van der Waals surface area contributed by atoms with Crippen LogP contribution in [0.2, 0.25) is 0 Å². The van der Waals surface area contributed by atoms with Gasteiger partial charge in [-0.3, -0.25) is 0 Å². The van der Waals surface area contributed by atoms with Crippen LogP contribution in [-0.2, 0) is 21.1 Å². The zero-order chi connectivity index (χ0) is 4.12. The van der Waals surface area contributed by atoms with Gasteiger partial charge in [-0.1, -0.05) is 0 Å². The molecular formula is C4H7NW. The van der Waals surface area contributed by atoms with Crippen LogP contribution in [0.5, 0.6) is 0 Å². The molecule has 0 aromatic rings. The predicted molar refractivity (Wildman–Crippen MR) is 23.3 cm³/mol. The van der Waals surface area contributed by atoms with E-state index in [0.29, 0.717) is 6.54 Å². The monoisotopic (exact) mass is 253 g/mol.